The van der Waals surface area contributed by atoms with E-state index in [2.05, 4.69) is 18.0 Å². The zero-order valence-corrected chi connectivity index (χ0v) is 12.4. The van der Waals surface area contributed by atoms with E-state index in [4.69, 9.17) is 4.74 Å². The van der Waals surface area contributed by atoms with Gasteiger partial charge in [-0.05, 0) is 25.0 Å². The topological polar surface area (TPSA) is 41.9 Å². The van der Waals surface area contributed by atoms with Gasteiger partial charge in [0.05, 0.1) is 6.04 Å². The van der Waals surface area contributed by atoms with E-state index in [1.165, 1.54) is 0 Å². The van der Waals surface area contributed by atoms with Crippen LogP contribution in [-0.4, -0.2) is 22.9 Å². The maximum Gasteiger partial charge on any atom is 0.435 e. The molecule has 21 heavy (non-hydrogen) atoms. The van der Waals surface area contributed by atoms with Crippen molar-refractivity contribution in [1.29, 1.82) is 0 Å². The molecule has 0 saturated heterocycles. The number of aliphatic imine (C=N–C) groups is 1. The molecule has 1 heterocycles. The molecule has 1 aromatic rings. The lowest BCUT2D eigenvalue weighted by atomic mass is 10.1. The molecule has 0 bridgehead atoms. The molecular weight excluding hydrogens is 264 g/mol. The predicted octanol–water partition coefficient (Wildman–Crippen LogP) is 3.91. The number of amidine groups is 1. The number of nitrogens with zero attached hydrogens (tertiary/aromatic N) is 2. The normalized spacial score (nSPS) is 17.9. The number of benzene rings is 1. The summed E-state index contributed by atoms with van der Waals surface area (Å²) in [6.07, 6.45) is 8.35. The van der Waals surface area contributed by atoms with Crippen LogP contribution in [0.2, 0.25) is 0 Å². The molecule has 1 amide bonds. The highest BCUT2D eigenvalue weighted by Crippen LogP contribution is 2.13. The van der Waals surface area contributed by atoms with Crippen LogP contribution in [0.1, 0.15) is 25.8 Å². The van der Waals surface area contributed by atoms with Crippen LogP contribution in [-0.2, 0) is 11.3 Å². The van der Waals surface area contributed by atoms with Crippen LogP contribution in [0.4, 0.5) is 4.79 Å². The number of rotatable bonds is 3. The Labute approximate surface area is 125 Å². The average molecular weight is 284 g/mol. The van der Waals surface area contributed by atoms with Gasteiger partial charge in [0.15, 0.2) is 0 Å². The number of hydrogen-bond donors (Lipinski definition) is 0. The van der Waals surface area contributed by atoms with Crippen molar-refractivity contribution in [3.05, 3.63) is 60.3 Å². The van der Waals surface area contributed by atoms with Crippen LogP contribution < -0.4 is 0 Å². The molecule has 0 radical (unpaired) electrons. The average Bonchev–Trinajstić information content (AvgIpc) is 2.53. The highest BCUT2D eigenvalue weighted by molar-refractivity contribution is 5.91. The molecule has 2 rings (SSSR count). The second-order valence-electron chi connectivity index (χ2n) is 4.81. The van der Waals surface area contributed by atoms with Crippen LogP contribution in [0.25, 0.3) is 0 Å². The van der Waals surface area contributed by atoms with Gasteiger partial charge in [-0.3, -0.25) is 0 Å². The van der Waals surface area contributed by atoms with Gasteiger partial charge in [0.1, 0.15) is 12.4 Å². The van der Waals surface area contributed by atoms with E-state index >= 15 is 0 Å². The lowest BCUT2D eigenvalue weighted by Crippen LogP contribution is -2.34. The Morgan fingerprint density at radius 1 is 1.29 bits per heavy atom. The summed E-state index contributed by atoms with van der Waals surface area (Å²) in [5.41, 5.74) is 0.950. The maximum atomic E-state index is 11.8. The van der Waals surface area contributed by atoms with Gasteiger partial charge in [-0.1, -0.05) is 49.4 Å². The largest absolute Gasteiger partial charge is 0.443 e. The van der Waals surface area contributed by atoms with E-state index in [1.54, 1.807) is 0 Å². The first-order valence-electron chi connectivity index (χ1n) is 7.10. The molecule has 4 nitrogen and oxygen atoms in total. The fourth-order valence-corrected chi connectivity index (χ4v) is 2.16. The Bertz CT molecular complexity index is 561. The fourth-order valence-electron chi connectivity index (χ4n) is 2.16. The van der Waals surface area contributed by atoms with E-state index in [0.717, 1.165) is 12.0 Å². The van der Waals surface area contributed by atoms with Crippen molar-refractivity contribution >= 4 is 11.9 Å². The van der Waals surface area contributed by atoms with Crippen LogP contribution >= 0.6 is 0 Å². The monoisotopic (exact) mass is 284 g/mol. The third-order valence-corrected chi connectivity index (χ3v) is 3.30. The molecule has 0 saturated carbocycles. The highest BCUT2D eigenvalue weighted by Gasteiger charge is 2.16. The molecule has 0 fully saturated rings. The molecule has 1 aliphatic heterocycles. The quantitative estimate of drug-likeness (QED) is 0.624. The predicted molar refractivity (Wildman–Crippen MR) is 83.9 cm³/mol. The molecule has 0 aromatic heterocycles. The Morgan fingerprint density at radius 3 is 2.76 bits per heavy atom. The van der Waals surface area contributed by atoms with E-state index in [1.807, 2.05) is 60.5 Å². The van der Waals surface area contributed by atoms with Gasteiger partial charge < -0.3 is 9.64 Å². The highest BCUT2D eigenvalue weighted by atomic mass is 16.5. The van der Waals surface area contributed by atoms with Gasteiger partial charge in [0, 0.05) is 6.20 Å². The number of ether oxygens (including phenoxy) is 1. The summed E-state index contributed by atoms with van der Waals surface area (Å²) < 4.78 is 5.16. The zero-order valence-electron chi connectivity index (χ0n) is 12.4. The lowest BCUT2D eigenvalue weighted by Gasteiger charge is -2.28. The summed E-state index contributed by atoms with van der Waals surface area (Å²) in [4.78, 5) is 17.8. The van der Waals surface area contributed by atoms with E-state index < -0.39 is 6.09 Å². The minimum Gasteiger partial charge on any atom is -0.443 e. The van der Waals surface area contributed by atoms with Crippen molar-refractivity contribution in [1.82, 2.24) is 4.90 Å². The second kappa shape index (κ2) is 7.43. The standard InChI is InChI=1S/C17H20N2O2/c1-3-16-11-7-8-12-19(16)14(2)18-17(20)21-13-15-9-5-4-6-10-15/h4-12,16H,3,13H2,1-2H3. The molecule has 1 aliphatic rings. The Hall–Kier alpha value is -2.36. The summed E-state index contributed by atoms with van der Waals surface area (Å²) >= 11 is 0. The van der Waals surface area contributed by atoms with Gasteiger partial charge in [-0.2, -0.15) is 4.99 Å². The van der Waals surface area contributed by atoms with E-state index in [-0.39, 0.29) is 12.6 Å². The van der Waals surface area contributed by atoms with E-state index in [9.17, 15) is 4.79 Å². The van der Waals surface area contributed by atoms with Crippen molar-refractivity contribution in [3.63, 3.8) is 0 Å². The Kier molecular flexibility index (Phi) is 5.32. The Morgan fingerprint density at radius 2 is 2.05 bits per heavy atom. The summed E-state index contributed by atoms with van der Waals surface area (Å²) in [5, 5.41) is 0. The Balaban J connectivity index is 1.93. The van der Waals surface area contributed by atoms with Crippen LogP contribution in [0.3, 0.4) is 0 Å². The fraction of sp³-hybridized carbons (Fsp3) is 0.294. The van der Waals surface area contributed by atoms with Crippen molar-refractivity contribution in [2.75, 3.05) is 0 Å². The van der Waals surface area contributed by atoms with Crippen molar-refractivity contribution in [2.45, 2.75) is 32.9 Å². The molecule has 1 aromatic carbocycles. The molecule has 4 heteroatoms. The van der Waals surface area contributed by atoms with Crippen LogP contribution in [0, 0.1) is 0 Å². The summed E-state index contributed by atoms with van der Waals surface area (Å²) in [6, 6.07) is 9.81. The minimum absolute atomic E-state index is 0.237. The van der Waals surface area contributed by atoms with Crippen LogP contribution in [0.15, 0.2) is 59.8 Å². The maximum absolute atomic E-state index is 11.8. The number of allylic oxidation sites excluding steroid dienone is 2. The van der Waals surface area contributed by atoms with Gasteiger partial charge in [0.25, 0.3) is 0 Å². The molecule has 0 N–H and O–H groups in total. The van der Waals surface area contributed by atoms with E-state index in [0.29, 0.717) is 5.84 Å². The lowest BCUT2D eigenvalue weighted by molar-refractivity contribution is 0.150. The van der Waals surface area contributed by atoms with Gasteiger partial charge in [-0.15, -0.1) is 0 Å². The second-order valence-corrected chi connectivity index (χ2v) is 4.81. The zero-order chi connectivity index (χ0) is 15.1. The van der Waals surface area contributed by atoms with Gasteiger partial charge in [0.2, 0.25) is 0 Å². The molecule has 0 spiro atoms. The summed E-state index contributed by atoms with van der Waals surface area (Å²) in [5.74, 6) is 0.639. The third-order valence-electron chi connectivity index (χ3n) is 3.30. The first kappa shape index (κ1) is 15.0. The summed E-state index contributed by atoms with van der Waals surface area (Å²) in [6.45, 7) is 4.15. The minimum atomic E-state index is -0.561. The molecule has 0 aliphatic carbocycles. The van der Waals surface area contributed by atoms with Gasteiger partial charge >= 0.3 is 6.09 Å². The number of amides is 1. The smallest absolute Gasteiger partial charge is 0.435 e. The third kappa shape index (κ3) is 4.31. The molecular formula is C17H20N2O2. The number of carbonyl (C=O) groups excluding carboxylic acids is 1. The number of hydrogen-bond acceptors (Lipinski definition) is 2. The van der Waals surface area contributed by atoms with Crippen molar-refractivity contribution in [3.8, 4) is 0 Å². The van der Waals surface area contributed by atoms with Crippen LogP contribution in [0.5, 0.6) is 0 Å². The molecule has 1 unspecified atom stereocenters. The SMILES string of the molecule is CCC1C=CC=CN1C(C)=NC(=O)OCc1ccccc1. The van der Waals surface area contributed by atoms with Crippen molar-refractivity contribution in [2.24, 2.45) is 4.99 Å². The molecule has 110 valence electrons. The first-order valence-corrected chi connectivity index (χ1v) is 7.10. The van der Waals surface area contributed by atoms with Gasteiger partial charge in [-0.25, -0.2) is 4.79 Å². The van der Waals surface area contributed by atoms with Crippen molar-refractivity contribution < 1.29 is 9.53 Å². The molecule has 1 atom stereocenters. The summed E-state index contributed by atoms with van der Waals surface area (Å²) in [7, 11) is 0. The number of carbonyl (C=O) groups is 1. The first-order chi connectivity index (χ1) is 10.2.